The fraction of sp³-hybridized carbons (Fsp3) is 0.160. The van der Waals surface area contributed by atoms with E-state index in [1.54, 1.807) is 7.11 Å². The SMILES string of the molecule is COc1cccc(-n2cccc2[C@@H]2[C@@H](c3ccccn3)NC(=S)N2Cc2ccncc2)c1. The number of benzene rings is 1. The molecule has 32 heavy (non-hydrogen) atoms. The molecule has 0 radical (unpaired) electrons. The van der Waals surface area contributed by atoms with Crippen LogP contribution in [-0.2, 0) is 6.54 Å². The summed E-state index contributed by atoms with van der Waals surface area (Å²) in [5.74, 6) is 0.817. The molecule has 4 heterocycles. The summed E-state index contributed by atoms with van der Waals surface area (Å²) in [7, 11) is 1.68. The van der Waals surface area contributed by atoms with Gasteiger partial charge in [-0.3, -0.25) is 9.97 Å². The van der Waals surface area contributed by atoms with E-state index in [9.17, 15) is 0 Å². The van der Waals surface area contributed by atoms with Crippen molar-refractivity contribution in [3.8, 4) is 11.4 Å². The number of nitrogens with zero attached hydrogens (tertiary/aromatic N) is 4. The van der Waals surface area contributed by atoms with E-state index in [0.717, 1.165) is 28.4 Å². The lowest BCUT2D eigenvalue weighted by atomic mass is 10.0. The molecule has 1 N–H and O–H groups in total. The van der Waals surface area contributed by atoms with Crippen molar-refractivity contribution in [3.05, 3.63) is 108 Å². The van der Waals surface area contributed by atoms with Crippen molar-refractivity contribution in [2.24, 2.45) is 0 Å². The maximum atomic E-state index is 5.81. The van der Waals surface area contributed by atoms with Gasteiger partial charge in [0.25, 0.3) is 0 Å². The van der Waals surface area contributed by atoms with Gasteiger partial charge in [-0.05, 0) is 66.3 Å². The van der Waals surface area contributed by atoms with Crippen molar-refractivity contribution in [2.45, 2.75) is 18.6 Å². The Balaban J connectivity index is 1.60. The number of hydrogen-bond acceptors (Lipinski definition) is 4. The van der Waals surface area contributed by atoms with Crippen LogP contribution in [0.25, 0.3) is 5.69 Å². The maximum Gasteiger partial charge on any atom is 0.170 e. The lowest BCUT2D eigenvalue weighted by Gasteiger charge is -2.29. The summed E-state index contributed by atoms with van der Waals surface area (Å²) in [6, 6.07) is 22.2. The minimum atomic E-state index is -0.0789. The van der Waals surface area contributed by atoms with Crippen LogP contribution in [0.1, 0.15) is 29.0 Å². The van der Waals surface area contributed by atoms with E-state index < -0.39 is 0 Å². The molecule has 6 nitrogen and oxygen atoms in total. The van der Waals surface area contributed by atoms with Crippen LogP contribution in [-0.4, -0.2) is 31.7 Å². The van der Waals surface area contributed by atoms with Gasteiger partial charge in [0, 0.05) is 48.8 Å². The second kappa shape index (κ2) is 8.80. The molecular formula is C25H23N5OS. The quantitative estimate of drug-likeness (QED) is 0.446. The first-order valence-corrected chi connectivity index (χ1v) is 10.8. The minimum Gasteiger partial charge on any atom is -0.497 e. The van der Waals surface area contributed by atoms with Gasteiger partial charge in [-0.15, -0.1) is 0 Å². The number of aromatic nitrogens is 3. The normalized spacial score (nSPS) is 17.9. The third kappa shape index (κ3) is 3.83. The summed E-state index contributed by atoms with van der Waals surface area (Å²) >= 11 is 5.81. The lowest BCUT2D eigenvalue weighted by Crippen LogP contribution is -2.30. The molecule has 1 aliphatic rings. The summed E-state index contributed by atoms with van der Waals surface area (Å²) in [6.07, 6.45) is 7.52. The minimum absolute atomic E-state index is 0.0493. The van der Waals surface area contributed by atoms with Crippen molar-refractivity contribution < 1.29 is 4.74 Å². The van der Waals surface area contributed by atoms with E-state index in [1.165, 1.54) is 0 Å². The Bertz CT molecular complexity index is 1210. The number of methoxy groups -OCH3 is 1. The van der Waals surface area contributed by atoms with Crippen molar-refractivity contribution >= 4 is 17.3 Å². The molecule has 1 aromatic carbocycles. The summed E-state index contributed by atoms with van der Waals surface area (Å²) in [4.78, 5) is 11.0. The van der Waals surface area contributed by atoms with Crippen molar-refractivity contribution in [1.82, 2.24) is 24.8 Å². The van der Waals surface area contributed by atoms with Gasteiger partial charge in [0.2, 0.25) is 0 Å². The molecule has 0 aliphatic carbocycles. The second-order valence-electron chi connectivity index (χ2n) is 7.61. The highest BCUT2D eigenvalue weighted by Gasteiger charge is 2.41. The Morgan fingerprint density at radius 2 is 1.88 bits per heavy atom. The maximum absolute atomic E-state index is 5.81. The molecule has 0 bridgehead atoms. The molecular weight excluding hydrogens is 418 g/mol. The average molecular weight is 442 g/mol. The first-order chi connectivity index (χ1) is 15.7. The number of nitrogens with one attached hydrogen (secondary N) is 1. The molecule has 5 rings (SSSR count). The summed E-state index contributed by atoms with van der Waals surface area (Å²) in [6.45, 7) is 0.672. The zero-order chi connectivity index (χ0) is 21.9. The molecule has 4 aromatic rings. The molecule has 0 amide bonds. The zero-order valence-electron chi connectivity index (χ0n) is 17.6. The monoisotopic (exact) mass is 441 g/mol. The van der Waals surface area contributed by atoms with Crippen LogP contribution in [0.15, 0.2) is 91.5 Å². The molecule has 2 atom stereocenters. The van der Waals surface area contributed by atoms with E-state index in [1.807, 2.05) is 67.1 Å². The molecule has 0 saturated carbocycles. The fourth-order valence-electron chi connectivity index (χ4n) is 4.21. The Morgan fingerprint density at radius 1 is 1.00 bits per heavy atom. The zero-order valence-corrected chi connectivity index (χ0v) is 18.4. The van der Waals surface area contributed by atoms with Gasteiger partial charge < -0.3 is 19.5 Å². The van der Waals surface area contributed by atoms with Crippen LogP contribution in [0.5, 0.6) is 5.75 Å². The van der Waals surface area contributed by atoms with Crippen molar-refractivity contribution in [1.29, 1.82) is 0 Å². The lowest BCUT2D eigenvalue weighted by molar-refractivity contribution is 0.302. The molecule has 0 spiro atoms. The van der Waals surface area contributed by atoms with E-state index in [2.05, 4.69) is 49.1 Å². The van der Waals surface area contributed by atoms with Crippen LogP contribution >= 0.6 is 12.2 Å². The molecule has 1 saturated heterocycles. The van der Waals surface area contributed by atoms with Crippen LogP contribution in [0.2, 0.25) is 0 Å². The Hall–Kier alpha value is -3.71. The van der Waals surface area contributed by atoms with E-state index in [0.29, 0.717) is 11.7 Å². The molecule has 0 unspecified atom stereocenters. The topological polar surface area (TPSA) is 55.2 Å². The molecule has 1 fully saturated rings. The van der Waals surface area contributed by atoms with Gasteiger partial charge in [-0.2, -0.15) is 0 Å². The van der Waals surface area contributed by atoms with Crippen LogP contribution in [0, 0.1) is 0 Å². The number of hydrogen-bond donors (Lipinski definition) is 1. The van der Waals surface area contributed by atoms with Crippen LogP contribution in [0.3, 0.4) is 0 Å². The summed E-state index contributed by atoms with van der Waals surface area (Å²) in [5, 5.41) is 4.23. The fourth-order valence-corrected chi connectivity index (χ4v) is 4.52. The second-order valence-corrected chi connectivity index (χ2v) is 8.00. The molecule has 160 valence electrons. The predicted octanol–water partition coefficient (Wildman–Crippen LogP) is 4.45. The standard InChI is InChI=1S/C25H23N5OS/c1-31-20-7-4-6-19(16-20)29-15-5-9-22(29)24-23(21-8-2-3-12-27-21)28-25(32)30(24)17-18-10-13-26-14-11-18/h2-16,23-24H,17H2,1H3,(H,28,32)/t23-,24-/m1/s1. The van der Waals surface area contributed by atoms with Gasteiger partial charge in [0.15, 0.2) is 5.11 Å². The van der Waals surface area contributed by atoms with Gasteiger partial charge in [0.1, 0.15) is 5.75 Å². The largest absolute Gasteiger partial charge is 0.497 e. The average Bonchev–Trinajstić information content (AvgIpc) is 3.45. The number of ether oxygens (including phenoxy) is 1. The first kappa shape index (κ1) is 20.2. The third-order valence-corrected chi connectivity index (χ3v) is 6.07. The van der Waals surface area contributed by atoms with Gasteiger partial charge in [-0.25, -0.2) is 0 Å². The molecule has 1 aliphatic heterocycles. The van der Waals surface area contributed by atoms with Gasteiger partial charge >= 0.3 is 0 Å². The molecule has 7 heteroatoms. The summed E-state index contributed by atoms with van der Waals surface area (Å²) in [5.41, 5.74) is 4.26. The van der Waals surface area contributed by atoms with Crippen LogP contribution in [0.4, 0.5) is 0 Å². The van der Waals surface area contributed by atoms with E-state index in [-0.39, 0.29) is 12.1 Å². The van der Waals surface area contributed by atoms with Crippen LogP contribution < -0.4 is 10.1 Å². The van der Waals surface area contributed by atoms with Gasteiger partial charge in [0.05, 0.1) is 24.9 Å². The third-order valence-electron chi connectivity index (χ3n) is 5.71. The van der Waals surface area contributed by atoms with E-state index in [4.69, 9.17) is 17.0 Å². The number of rotatable bonds is 6. The van der Waals surface area contributed by atoms with Crippen molar-refractivity contribution in [2.75, 3.05) is 7.11 Å². The number of pyridine rings is 2. The van der Waals surface area contributed by atoms with Crippen molar-refractivity contribution in [3.63, 3.8) is 0 Å². The van der Waals surface area contributed by atoms with E-state index >= 15 is 0 Å². The predicted molar refractivity (Wildman–Crippen MR) is 128 cm³/mol. The number of thiocarbonyl (C=S) groups is 1. The summed E-state index contributed by atoms with van der Waals surface area (Å²) < 4.78 is 7.65. The Morgan fingerprint density at radius 3 is 2.66 bits per heavy atom. The highest BCUT2D eigenvalue weighted by molar-refractivity contribution is 7.80. The Labute approximate surface area is 192 Å². The first-order valence-electron chi connectivity index (χ1n) is 10.4. The highest BCUT2D eigenvalue weighted by Crippen LogP contribution is 2.40. The smallest absolute Gasteiger partial charge is 0.170 e. The highest BCUT2D eigenvalue weighted by atomic mass is 32.1. The van der Waals surface area contributed by atoms with Gasteiger partial charge in [-0.1, -0.05) is 12.1 Å². The molecule has 3 aromatic heterocycles. The Kier molecular flexibility index (Phi) is 5.56.